The van der Waals surface area contributed by atoms with Crippen molar-refractivity contribution in [3.05, 3.63) is 41.0 Å². The zero-order valence-electron chi connectivity index (χ0n) is 13.2. The second-order valence-corrected chi connectivity index (χ2v) is 7.02. The smallest absolute Gasteiger partial charge is 0.294 e. The number of hydrogen-bond acceptors (Lipinski definition) is 1. The molecule has 1 nitrogen and oxygen atoms in total. The van der Waals surface area contributed by atoms with Crippen LogP contribution in [0.25, 0.3) is 6.08 Å². The third-order valence-electron chi connectivity index (χ3n) is 5.55. The lowest BCUT2D eigenvalue weighted by Gasteiger charge is -2.44. The fourth-order valence-electron chi connectivity index (χ4n) is 4.08. The summed E-state index contributed by atoms with van der Waals surface area (Å²) in [6.07, 6.45) is 3.54. The fraction of sp³-hybridized carbons (Fsp3) is 0.526. The maximum atomic E-state index is 12.9. The van der Waals surface area contributed by atoms with Crippen molar-refractivity contribution in [1.82, 2.24) is 0 Å². The molecule has 2 atom stereocenters. The molecule has 0 spiro atoms. The second kappa shape index (κ2) is 5.81. The Morgan fingerprint density at radius 2 is 1.83 bits per heavy atom. The average molecular weight is 322 g/mol. The van der Waals surface area contributed by atoms with Gasteiger partial charge in [-0.1, -0.05) is 31.9 Å². The summed E-state index contributed by atoms with van der Waals surface area (Å²) in [6, 6.07) is 5.03. The molecule has 1 aromatic carbocycles. The molecule has 3 rings (SSSR count). The zero-order valence-corrected chi connectivity index (χ0v) is 13.2. The molecule has 2 unspecified atom stereocenters. The Balaban J connectivity index is 1.84. The molecule has 0 radical (unpaired) electrons. The van der Waals surface area contributed by atoms with E-state index in [2.05, 4.69) is 6.92 Å². The molecule has 1 aromatic rings. The summed E-state index contributed by atoms with van der Waals surface area (Å²) in [5, 5.41) is 0. The molecule has 4 heteroatoms. The summed E-state index contributed by atoms with van der Waals surface area (Å²) in [6.45, 7) is 2.07. The SMILES string of the molecule is CC12CCCCC1CC/C(=C\c1ccc(C(F)(F)F)cc1)C2=O. The van der Waals surface area contributed by atoms with Crippen LogP contribution < -0.4 is 0 Å². The van der Waals surface area contributed by atoms with Crippen LogP contribution >= 0.6 is 0 Å². The van der Waals surface area contributed by atoms with E-state index >= 15 is 0 Å². The van der Waals surface area contributed by atoms with Gasteiger partial charge in [0.2, 0.25) is 0 Å². The maximum absolute atomic E-state index is 12.9. The highest BCUT2D eigenvalue weighted by Gasteiger charge is 2.46. The van der Waals surface area contributed by atoms with Crippen LogP contribution in [0.1, 0.15) is 56.6 Å². The maximum Gasteiger partial charge on any atom is 0.416 e. The molecule has 0 aromatic heterocycles. The van der Waals surface area contributed by atoms with Gasteiger partial charge in [0, 0.05) is 5.41 Å². The van der Waals surface area contributed by atoms with Gasteiger partial charge < -0.3 is 0 Å². The van der Waals surface area contributed by atoms with Gasteiger partial charge in [0.25, 0.3) is 0 Å². The second-order valence-electron chi connectivity index (χ2n) is 7.02. The van der Waals surface area contributed by atoms with E-state index in [1.54, 1.807) is 6.08 Å². The largest absolute Gasteiger partial charge is 0.416 e. The normalized spacial score (nSPS) is 30.3. The van der Waals surface area contributed by atoms with Gasteiger partial charge >= 0.3 is 6.18 Å². The topological polar surface area (TPSA) is 17.1 Å². The Morgan fingerprint density at radius 3 is 2.48 bits per heavy atom. The molecular formula is C19H21F3O. The first-order valence-electron chi connectivity index (χ1n) is 8.23. The highest BCUT2D eigenvalue weighted by Crippen LogP contribution is 2.49. The summed E-state index contributed by atoms with van der Waals surface area (Å²) in [5.74, 6) is 0.668. The predicted octanol–water partition coefficient (Wildman–Crippen LogP) is 5.65. The van der Waals surface area contributed by atoms with Gasteiger partial charge in [0.05, 0.1) is 5.56 Å². The number of hydrogen-bond donors (Lipinski definition) is 0. The van der Waals surface area contributed by atoms with Crippen LogP contribution in [0.5, 0.6) is 0 Å². The molecule has 2 saturated carbocycles. The van der Waals surface area contributed by atoms with E-state index in [-0.39, 0.29) is 11.2 Å². The summed E-state index contributed by atoms with van der Waals surface area (Å²) in [7, 11) is 0. The number of carbonyl (C=O) groups is 1. The van der Waals surface area contributed by atoms with E-state index in [0.717, 1.165) is 49.8 Å². The molecule has 0 heterocycles. The molecule has 0 bridgehead atoms. The average Bonchev–Trinajstić information content (AvgIpc) is 2.51. The third-order valence-corrected chi connectivity index (χ3v) is 5.55. The molecule has 0 aliphatic heterocycles. The Morgan fingerprint density at radius 1 is 1.13 bits per heavy atom. The lowest BCUT2D eigenvalue weighted by molar-refractivity contribution is -0.137. The van der Waals surface area contributed by atoms with Gasteiger partial charge in [-0.05, 0) is 60.9 Å². The summed E-state index contributed by atoms with van der Waals surface area (Å²) < 4.78 is 37.8. The Labute approximate surface area is 134 Å². The highest BCUT2D eigenvalue weighted by molar-refractivity contribution is 6.04. The first-order chi connectivity index (χ1) is 10.8. The van der Waals surface area contributed by atoms with Gasteiger partial charge in [-0.2, -0.15) is 13.2 Å². The molecule has 2 aliphatic carbocycles. The summed E-state index contributed by atoms with van der Waals surface area (Å²) in [4.78, 5) is 12.9. The minimum atomic E-state index is -4.32. The molecule has 124 valence electrons. The predicted molar refractivity (Wildman–Crippen MR) is 83.7 cm³/mol. The van der Waals surface area contributed by atoms with Crippen LogP contribution in [0.15, 0.2) is 29.8 Å². The molecule has 2 fully saturated rings. The molecular weight excluding hydrogens is 301 g/mol. The standard InChI is InChI=1S/C19H21F3O/c1-18-11-3-2-4-15(18)10-7-14(17(18)23)12-13-5-8-16(9-6-13)19(20,21)22/h5-6,8-9,12,15H,2-4,7,10-11H2,1H3/b14-12+. The molecule has 0 amide bonds. The van der Waals surface area contributed by atoms with Crippen LogP contribution in [-0.4, -0.2) is 5.78 Å². The van der Waals surface area contributed by atoms with Crippen molar-refractivity contribution in [3.8, 4) is 0 Å². The van der Waals surface area contributed by atoms with Crippen molar-refractivity contribution in [2.45, 2.75) is 51.6 Å². The monoisotopic (exact) mass is 322 g/mol. The van der Waals surface area contributed by atoms with Crippen LogP contribution in [0.2, 0.25) is 0 Å². The summed E-state index contributed by atoms with van der Waals surface area (Å²) in [5.41, 5.74) is 0.507. The number of Topliss-reactive ketones (excluding diaryl/α,β-unsaturated/α-hetero) is 1. The number of carbonyl (C=O) groups excluding carboxylic acids is 1. The van der Waals surface area contributed by atoms with Crippen LogP contribution in [0.4, 0.5) is 13.2 Å². The van der Waals surface area contributed by atoms with Crippen molar-refractivity contribution in [3.63, 3.8) is 0 Å². The first-order valence-corrected chi connectivity index (χ1v) is 8.23. The molecule has 2 aliphatic rings. The highest BCUT2D eigenvalue weighted by atomic mass is 19.4. The van der Waals surface area contributed by atoms with Gasteiger partial charge in [-0.25, -0.2) is 0 Å². The quantitative estimate of drug-likeness (QED) is 0.611. The zero-order chi connectivity index (χ0) is 16.7. The van der Waals surface area contributed by atoms with E-state index in [1.165, 1.54) is 18.6 Å². The number of halogens is 3. The van der Waals surface area contributed by atoms with E-state index < -0.39 is 11.7 Å². The van der Waals surface area contributed by atoms with Gasteiger partial charge in [0.15, 0.2) is 5.78 Å². The van der Waals surface area contributed by atoms with E-state index in [9.17, 15) is 18.0 Å². The number of ketones is 1. The van der Waals surface area contributed by atoms with Gasteiger partial charge in [-0.15, -0.1) is 0 Å². The van der Waals surface area contributed by atoms with E-state index in [0.29, 0.717) is 11.5 Å². The Bertz CT molecular complexity index is 627. The lowest BCUT2D eigenvalue weighted by atomic mass is 9.58. The number of allylic oxidation sites excluding steroid dienone is 1. The molecule has 0 N–H and O–H groups in total. The molecule has 0 saturated heterocycles. The lowest BCUT2D eigenvalue weighted by Crippen LogP contribution is -2.42. The van der Waals surface area contributed by atoms with Gasteiger partial charge in [-0.3, -0.25) is 4.79 Å². The third kappa shape index (κ3) is 3.08. The first kappa shape index (κ1) is 16.3. The number of fused-ring (bicyclic) bond motifs is 1. The summed E-state index contributed by atoms with van der Waals surface area (Å²) >= 11 is 0. The van der Waals surface area contributed by atoms with Crippen molar-refractivity contribution in [2.24, 2.45) is 11.3 Å². The fourth-order valence-corrected chi connectivity index (χ4v) is 4.08. The Kier molecular flexibility index (Phi) is 4.11. The Hall–Kier alpha value is -1.58. The van der Waals surface area contributed by atoms with Crippen LogP contribution in [0.3, 0.4) is 0 Å². The number of benzene rings is 1. The number of alkyl halides is 3. The van der Waals surface area contributed by atoms with Crippen LogP contribution in [-0.2, 0) is 11.0 Å². The number of rotatable bonds is 1. The van der Waals surface area contributed by atoms with E-state index in [1.807, 2.05) is 0 Å². The van der Waals surface area contributed by atoms with Gasteiger partial charge in [0.1, 0.15) is 0 Å². The van der Waals surface area contributed by atoms with Crippen molar-refractivity contribution in [2.75, 3.05) is 0 Å². The minimum Gasteiger partial charge on any atom is -0.294 e. The van der Waals surface area contributed by atoms with Crippen LogP contribution in [0, 0.1) is 11.3 Å². The minimum absolute atomic E-state index is 0.202. The van der Waals surface area contributed by atoms with Crippen molar-refractivity contribution < 1.29 is 18.0 Å². The molecule has 23 heavy (non-hydrogen) atoms. The van der Waals surface area contributed by atoms with Crippen molar-refractivity contribution in [1.29, 1.82) is 0 Å². The van der Waals surface area contributed by atoms with E-state index in [4.69, 9.17) is 0 Å². The van der Waals surface area contributed by atoms with Crippen molar-refractivity contribution >= 4 is 11.9 Å².